The number of amides is 5. The minimum absolute atomic E-state index is 0.0372. The number of imide groups is 1. The van der Waals surface area contributed by atoms with Crippen LogP contribution in [0.3, 0.4) is 0 Å². The summed E-state index contributed by atoms with van der Waals surface area (Å²) in [6, 6.07) is 7.92. The monoisotopic (exact) mass is 573 g/mol. The van der Waals surface area contributed by atoms with Crippen molar-refractivity contribution in [2.75, 3.05) is 25.0 Å². The van der Waals surface area contributed by atoms with Crippen molar-refractivity contribution in [3.05, 3.63) is 65.0 Å². The maximum Gasteiger partial charge on any atom is 0.416 e. The molecular weight excluding hydrogens is 546 g/mol. The summed E-state index contributed by atoms with van der Waals surface area (Å²) >= 11 is 0. The Kier molecular flexibility index (Phi) is 7.80. The summed E-state index contributed by atoms with van der Waals surface area (Å²) in [6.07, 6.45) is -4.64. The van der Waals surface area contributed by atoms with Crippen molar-refractivity contribution in [3.63, 3.8) is 0 Å². The number of hydrogen-bond acceptors (Lipinski definition) is 5. The Balaban J connectivity index is 1.53. The number of carbonyl (C=O) groups is 4. The number of nitriles is 1. The summed E-state index contributed by atoms with van der Waals surface area (Å²) < 4.78 is 53.6. The number of likely N-dealkylation sites (N-methyl/N-ethyl adjacent to an activating group) is 1. The van der Waals surface area contributed by atoms with Crippen molar-refractivity contribution in [1.29, 1.82) is 5.26 Å². The Morgan fingerprint density at radius 2 is 1.66 bits per heavy atom. The molecular formula is C28H27F4N5O4. The van der Waals surface area contributed by atoms with Gasteiger partial charge in [0, 0.05) is 25.8 Å². The lowest BCUT2D eigenvalue weighted by molar-refractivity contribution is -0.139. The zero-order valence-electron chi connectivity index (χ0n) is 22.5. The van der Waals surface area contributed by atoms with Crippen LogP contribution in [-0.2, 0) is 15.8 Å². The van der Waals surface area contributed by atoms with Crippen molar-refractivity contribution < 1.29 is 36.7 Å². The SMILES string of the molecule is CC(C)[C@@H](NC(=O)c1cc(C(F)(F)F)ccc1F)C(=O)N1CCC2(CC1)C(=O)N(C)C(=O)N2c1ccc(C#N)cc1. The van der Waals surface area contributed by atoms with Crippen molar-refractivity contribution in [2.45, 2.75) is 44.4 Å². The van der Waals surface area contributed by atoms with Gasteiger partial charge in [-0.25, -0.2) is 9.18 Å². The summed E-state index contributed by atoms with van der Waals surface area (Å²) in [4.78, 5) is 56.4. The van der Waals surface area contributed by atoms with Gasteiger partial charge in [-0.1, -0.05) is 13.8 Å². The second-order valence-electron chi connectivity index (χ2n) is 10.4. The molecule has 0 unspecified atom stereocenters. The van der Waals surface area contributed by atoms with E-state index in [2.05, 4.69) is 5.32 Å². The molecule has 0 bridgehead atoms. The molecule has 2 heterocycles. The first-order chi connectivity index (χ1) is 19.2. The first kappa shape index (κ1) is 29.5. The van der Waals surface area contributed by atoms with E-state index in [9.17, 15) is 36.7 Å². The van der Waals surface area contributed by atoms with Crippen LogP contribution >= 0.6 is 0 Å². The Morgan fingerprint density at radius 1 is 1.05 bits per heavy atom. The van der Waals surface area contributed by atoms with Gasteiger partial charge in [-0.3, -0.25) is 24.2 Å². The normalized spacial score (nSPS) is 17.7. The summed E-state index contributed by atoms with van der Waals surface area (Å²) in [5.74, 6) is -3.83. The minimum Gasteiger partial charge on any atom is -0.341 e. The number of likely N-dealkylation sites (tertiary alicyclic amines) is 1. The van der Waals surface area contributed by atoms with Gasteiger partial charge in [0.1, 0.15) is 17.4 Å². The Hall–Kier alpha value is -4.47. The molecule has 2 fully saturated rings. The summed E-state index contributed by atoms with van der Waals surface area (Å²) in [6.45, 7) is 3.32. The topological polar surface area (TPSA) is 114 Å². The number of halogens is 4. The number of alkyl halides is 3. The third kappa shape index (κ3) is 5.33. The molecule has 13 heteroatoms. The lowest BCUT2D eigenvalue weighted by atomic mass is 9.85. The fraction of sp³-hybridized carbons (Fsp3) is 0.393. The van der Waals surface area contributed by atoms with Gasteiger partial charge < -0.3 is 10.2 Å². The van der Waals surface area contributed by atoms with Crippen LogP contribution in [0.2, 0.25) is 0 Å². The predicted molar refractivity (Wildman–Crippen MR) is 138 cm³/mol. The standard InChI is InChI=1S/C28H27F4N5O4/c1-16(2)22(34-23(38)20-14-18(28(30,31)32)6-9-21(20)29)24(39)36-12-10-27(11-13-36)25(40)35(3)26(41)37(27)19-7-4-17(15-33)5-8-19/h4-9,14,16,22H,10-13H2,1-3H3,(H,34,38)/t22-/m1/s1. The van der Waals surface area contributed by atoms with Crippen LogP contribution in [0.4, 0.5) is 28.0 Å². The largest absolute Gasteiger partial charge is 0.416 e. The third-order valence-corrected chi connectivity index (χ3v) is 7.52. The smallest absolute Gasteiger partial charge is 0.341 e. The number of nitrogens with one attached hydrogen (secondary N) is 1. The van der Waals surface area contributed by atoms with Crippen LogP contribution in [0.15, 0.2) is 42.5 Å². The number of piperidine rings is 1. The van der Waals surface area contributed by atoms with E-state index >= 15 is 0 Å². The molecule has 2 aromatic rings. The van der Waals surface area contributed by atoms with Gasteiger partial charge in [0.05, 0.1) is 22.8 Å². The molecule has 0 saturated carbocycles. The highest BCUT2D eigenvalue weighted by Crippen LogP contribution is 2.40. The zero-order valence-corrected chi connectivity index (χ0v) is 22.5. The molecule has 2 aliphatic rings. The predicted octanol–water partition coefficient (Wildman–Crippen LogP) is 3.93. The van der Waals surface area contributed by atoms with E-state index in [0.29, 0.717) is 29.4 Å². The molecule has 2 saturated heterocycles. The zero-order chi connectivity index (χ0) is 30.3. The average Bonchev–Trinajstić information content (AvgIpc) is 3.11. The average molecular weight is 574 g/mol. The fourth-order valence-electron chi connectivity index (χ4n) is 5.21. The van der Waals surface area contributed by atoms with Gasteiger partial charge in [0.2, 0.25) is 5.91 Å². The van der Waals surface area contributed by atoms with Crippen molar-refractivity contribution in [1.82, 2.24) is 15.1 Å². The number of benzene rings is 2. The maximum absolute atomic E-state index is 14.3. The van der Waals surface area contributed by atoms with E-state index in [4.69, 9.17) is 5.26 Å². The second-order valence-corrected chi connectivity index (χ2v) is 10.4. The molecule has 1 spiro atoms. The number of carbonyl (C=O) groups excluding carboxylic acids is 4. The molecule has 41 heavy (non-hydrogen) atoms. The molecule has 2 aliphatic heterocycles. The van der Waals surface area contributed by atoms with Crippen LogP contribution in [0.25, 0.3) is 0 Å². The van der Waals surface area contributed by atoms with Gasteiger partial charge in [-0.05, 0) is 61.2 Å². The third-order valence-electron chi connectivity index (χ3n) is 7.52. The molecule has 4 rings (SSSR count). The molecule has 0 aliphatic carbocycles. The number of urea groups is 1. The van der Waals surface area contributed by atoms with Crippen molar-refractivity contribution >= 4 is 29.4 Å². The van der Waals surface area contributed by atoms with Gasteiger partial charge in [-0.2, -0.15) is 18.4 Å². The first-order valence-electron chi connectivity index (χ1n) is 12.8. The summed E-state index contributed by atoms with van der Waals surface area (Å²) in [5, 5.41) is 11.5. The molecule has 5 amide bonds. The molecule has 0 aromatic heterocycles. The van der Waals surface area contributed by atoms with Gasteiger partial charge in [0.25, 0.3) is 11.8 Å². The van der Waals surface area contributed by atoms with Gasteiger partial charge in [0.15, 0.2) is 0 Å². The molecule has 1 N–H and O–H groups in total. The molecule has 9 nitrogen and oxygen atoms in total. The van der Waals surface area contributed by atoms with E-state index in [1.807, 2.05) is 6.07 Å². The van der Waals surface area contributed by atoms with Gasteiger partial charge in [-0.15, -0.1) is 0 Å². The lowest BCUT2D eigenvalue weighted by Gasteiger charge is -2.43. The fourth-order valence-corrected chi connectivity index (χ4v) is 5.21. The number of hydrogen-bond donors (Lipinski definition) is 1. The molecule has 1 atom stereocenters. The first-order valence-corrected chi connectivity index (χ1v) is 12.8. The highest BCUT2D eigenvalue weighted by molar-refractivity contribution is 6.16. The summed E-state index contributed by atoms with van der Waals surface area (Å²) in [7, 11) is 1.37. The van der Waals surface area contributed by atoms with E-state index in [1.54, 1.807) is 26.0 Å². The summed E-state index contributed by atoms with van der Waals surface area (Å²) in [5.41, 5.74) is -2.52. The quantitative estimate of drug-likeness (QED) is 0.430. The Morgan fingerprint density at radius 3 is 2.20 bits per heavy atom. The molecule has 2 aromatic carbocycles. The molecule has 0 radical (unpaired) electrons. The van der Waals surface area contributed by atoms with Crippen LogP contribution in [0.5, 0.6) is 0 Å². The van der Waals surface area contributed by atoms with Crippen LogP contribution < -0.4 is 10.2 Å². The Labute approximate surface area is 233 Å². The number of anilines is 1. The highest BCUT2D eigenvalue weighted by Gasteiger charge is 2.58. The van der Waals surface area contributed by atoms with E-state index in [1.165, 1.54) is 29.0 Å². The number of rotatable bonds is 5. The van der Waals surface area contributed by atoms with E-state index in [-0.39, 0.29) is 25.9 Å². The Bertz CT molecular complexity index is 1430. The van der Waals surface area contributed by atoms with E-state index < -0.39 is 64.4 Å². The lowest BCUT2D eigenvalue weighted by Crippen LogP contribution is -2.60. The van der Waals surface area contributed by atoms with E-state index in [0.717, 1.165) is 4.90 Å². The molecule has 216 valence electrons. The van der Waals surface area contributed by atoms with Crippen molar-refractivity contribution in [2.24, 2.45) is 5.92 Å². The van der Waals surface area contributed by atoms with Crippen molar-refractivity contribution in [3.8, 4) is 6.07 Å². The van der Waals surface area contributed by atoms with Crippen LogP contribution in [0, 0.1) is 23.1 Å². The minimum atomic E-state index is -4.79. The highest BCUT2D eigenvalue weighted by atomic mass is 19.4. The number of nitrogens with zero attached hydrogens (tertiary/aromatic N) is 4. The van der Waals surface area contributed by atoms with Crippen LogP contribution in [0.1, 0.15) is 48.2 Å². The van der Waals surface area contributed by atoms with Gasteiger partial charge >= 0.3 is 12.2 Å². The second kappa shape index (κ2) is 10.8. The maximum atomic E-state index is 14.3. The van der Waals surface area contributed by atoms with Crippen LogP contribution in [-0.4, -0.2) is 65.3 Å².